The third-order valence-corrected chi connectivity index (χ3v) is 7.94. The van der Waals surface area contributed by atoms with Crippen LogP contribution in [0.4, 0.5) is 10.6 Å². The Morgan fingerprint density at radius 3 is 2.47 bits per heavy atom. The molecule has 198 valence electrons. The van der Waals surface area contributed by atoms with Gasteiger partial charge in [-0.15, -0.1) is 0 Å². The molecule has 1 saturated heterocycles. The number of nitrogens with zero attached hydrogens (tertiary/aromatic N) is 5. The summed E-state index contributed by atoms with van der Waals surface area (Å²) in [5.41, 5.74) is 1.25. The van der Waals surface area contributed by atoms with Gasteiger partial charge in [0.1, 0.15) is 17.7 Å². The number of nitrogens with one attached hydrogen (secondary N) is 1. The number of pyridine rings is 1. The van der Waals surface area contributed by atoms with Crippen LogP contribution in [0.2, 0.25) is 0 Å². The summed E-state index contributed by atoms with van der Waals surface area (Å²) in [4.78, 5) is 27.5. The number of hydrogen-bond donors (Lipinski definition) is 1. The van der Waals surface area contributed by atoms with Crippen LogP contribution in [0.25, 0.3) is 22.3 Å². The number of anilines is 1. The molecular formula is C27H30N6O4S. The average Bonchev–Trinajstić information content (AvgIpc) is 3.33. The molecule has 0 aliphatic carbocycles. The van der Waals surface area contributed by atoms with Gasteiger partial charge in [-0.25, -0.2) is 32.1 Å². The van der Waals surface area contributed by atoms with E-state index in [9.17, 15) is 13.2 Å². The Labute approximate surface area is 221 Å². The molecule has 1 amide bonds. The fourth-order valence-corrected chi connectivity index (χ4v) is 5.71. The number of piperidine rings is 1. The number of ether oxygens (including phenoxy) is 1. The van der Waals surface area contributed by atoms with Crippen LogP contribution in [-0.4, -0.2) is 63.1 Å². The second-order valence-electron chi connectivity index (χ2n) is 10.2. The number of aromatic nitrogens is 4. The standard InChI is InChI=1S/C27H30N6O4S/c1-27(2,3)37-26(34)32-12-10-21(11-13-32)31-24-16-23(29-18-30-24)20-15-19-9-14-33(25(19)28-17-20)38(35,36)22-7-5-4-6-8-22/h4-9,14-18,21H,10-13H2,1-3H3,(H,29,30,31). The van der Waals surface area contributed by atoms with Crippen molar-refractivity contribution >= 4 is 33.0 Å². The molecule has 38 heavy (non-hydrogen) atoms. The highest BCUT2D eigenvalue weighted by molar-refractivity contribution is 7.90. The minimum absolute atomic E-state index is 0.161. The zero-order valence-corrected chi connectivity index (χ0v) is 22.4. The highest BCUT2D eigenvalue weighted by atomic mass is 32.2. The highest BCUT2D eigenvalue weighted by Crippen LogP contribution is 2.26. The predicted molar refractivity (Wildman–Crippen MR) is 144 cm³/mol. The van der Waals surface area contributed by atoms with Gasteiger partial charge in [0, 0.05) is 48.5 Å². The minimum atomic E-state index is -3.76. The fourth-order valence-electron chi connectivity index (χ4n) is 4.38. The van der Waals surface area contributed by atoms with Crippen molar-refractivity contribution in [1.82, 2.24) is 23.8 Å². The number of hydrogen-bond acceptors (Lipinski definition) is 8. The zero-order valence-electron chi connectivity index (χ0n) is 21.5. The Morgan fingerprint density at radius 2 is 1.76 bits per heavy atom. The summed E-state index contributed by atoms with van der Waals surface area (Å²) in [7, 11) is -3.76. The summed E-state index contributed by atoms with van der Waals surface area (Å²) in [6, 6.07) is 13.9. The van der Waals surface area contributed by atoms with E-state index in [-0.39, 0.29) is 17.0 Å². The molecule has 0 unspecified atom stereocenters. The van der Waals surface area contributed by atoms with Crippen molar-refractivity contribution in [1.29, 1.82) is 0 Å². The summed E-state index contributed by atoms with van der Waals surface area (Å²) in [5, 5.41) is 4.13. The predicted octanol–water partition coefficient (Wildman–Crippen LogP) is 4.54. The van der Waals surface area contributed by atoms with Gasteiger partial charge in [-0.1, -0.05) is 18.2 Å². The molecule has 5 rings (SSSR count). The SMILES string of the molecule is CC(C)(C)OC(=O)N1CCC(Nc2cc(-c3cnc4c(ccn4S(=O)(=O)c4ccccc4)c3)ncn2)CC1. The van der Waals surface area contributed by atoms with Crippen LogP contribution >= 0.6 is 0 Å². The van der Waals surface area contributed by atoms with E-state index in [1.165, 1.54) is 16.5 Å². The van der Waals surface area contributed by atoms with Crippen molar-refractivity contribution in [3.8, 4) is 11.3 Å². The van der Waals surface area contributed by atoms with Crippen LogP contribution in [-0.2, 0) is 14.8 Å². The number of likely N-dealkylation sites (tertiary alicyclic amines) is 1. The molecule has 4 heterocycles. The zero-order chi connectivity index (χ0) is 26.9. The Balaban J connectivity index is 1.29. The molecule has 3 aromatic heterocycles. The van der Waals surface area contributed by atoms with E-state index in [0.717, 1.165) is 18.4 Å². The third-order valence-electron chi connectivity index (χ3n) is 6.25. The van der Waals surface area contributed by atoms with E-state index in [1.54, 1.807) is 47.5 Å². The van der Waals surface area contributed by atoms with Crippen LogP contribution < -0.4 is 5.32 Å². The monoisotopic (exact) mass is 534 g/mol. The van der Waals surface area contributed by atoms with Crippen molar-refractivity contribution in [3.05, 3.63) is 67.3 Å². The van der Waals surface area contributed by atoms with Gasteiger partial charge in [0.2, 0.25) is 0 Å². The van der Waals surface area contributed by atoms with Gasteiger partial charge >= 0.3 is 6.09 Å². The second-order valence-corrected chi connectivity index (χ2v) is 12.1. The lowest BCUT2D eigenvalue weighted by Gasteiger charge is -2.33. The molecule has 1 aliphatic heterocycles. The maximum atomic E-state index is 13.1. The molecule has 0 saturated carbocycles. The minimum Gasteiger partial charge on any atom is -0.444 e. The highest BCUT2D eigenvalue weighted by Gasteiger charge is 2.27. The number of carbonyl (C=O) groups is 1. The van der Waals surface area contributed by atoms with E-state index < -0.39 is 15.6 Å². The molecule has 1 aromatic carbocycles. The Hall–Kier alpha value is -3.99. The van der Waals surface area contributed by atoms with Gasteiger partial charge in [-0.3, -0.25) is 0 Å². The van der Waals surface area contributed by atoms with E-state index >= 15 is 0 Å². The molecule has 1 fully saturated rings. The first-order valence-corrected chi connectivity index (χ1v) is 13.9. The van der Waals surface area contributed by atoms with Crippen molar-refractivity contribution in [2.24, 2.45) is 0 Å². The van der Waals surface area contributed by atoms with Crippen molar-refractivity contribution in [2.45, 2.75) is 50.2 Å². The van der Waals surface area contributed by atoms with Gasteiger partial charge in [-0.2, -0.15) is 0 Å². The van der Waals surface area contributed by atoms with Gasteiger partial charge < -0.3 is 15.0 Å². The van der Waals surface area contributed by atoms with Crippen LogP contribution in [0, 0.1) is 0 Å². The quantitative estimate of drug-likeness (QED) is 0.396. The maximum absolute atomic E-state index is 13.1. The second kappa shape index (κ2) is 10.1. The molecule has 0 spiro atoms. The smallest absolute Gasteiger partial charge is 0.410 e. The number of amides is 1. The molecule has 11 heteroatoms. The summed E-state index contributed by atoms with van der Waals surface area (Å²) < 4.78 is 32.8. The summed E-state index contributed by atoms with van der Waals surface area (Å²) in [6.45, 7) is 6.80. The first-order valence-electron chi connectivity index (χ1n) is 12.4. The first-order chi connectivity index (χ1) is 18.1. The number of benzene rings is 1. The normalized spacial score (nSPS) is 15.0. The van der Waals surface area contributed by atoms with E-state index in [1.807, 2.05) is 32.9 Å². The molecule has 0 bridgehead atoms. The van der Waals surface area contributed by atoms with E-state index in [4.69, 9.17) is 4.74 Å². The third kappa shape index (κ3) is 5.47. The molecule has 0 atom stereocenters. The number of fused-ring (bicyclic) bond motifs is 1. The molecule has 1 aliphatic rings. The van der Waals surface area contributed by atoms with Crippen LogP contribution in [0.1, 0.15) is 33.6 Å². The molecule has 10 nitrogen and oxygen atoms in total. The van der Waals surface area contributed by atoms with Crippen molar-refractivity contribution < 1.29 is 17.9 Å². The summed E-state index contributed by atoms with van der Waals surface area (Å²) >= 11 is 0. The van der Waals surface area contributed by atoms with Gasteiger partial charge in [0.25, 0.3) is 10.0 Å². The van der Waals surface area contributed by atoms with Crippen molar-refractivity contribution in [2.75, 3.05) is 18.4 Å². The van der Waals surface area contributed by atoms with Gasteiger partial charge in [0.15, 0.2) is 5.65 Å². The van der Waals surface area contributed by atoms with E-state index in [0.29, 0.717) is 35.6 Å². The maximum Gasteiger partial charge on any atom is 0.410 e. The topological polar surface area (TPSA) is 119 Å². The number of rotatable bonds is 5. The number of carbonyl (C=O) groups excluding carboxylic acids is 1. The van der Waals surface area contributed by atoms with Crippen LogP contribution in [0.15, 0.2) is 72.1 Å². The lowest BCUT2D eigenvalue weighted by Crippen LogP contribution is -2.44. The average molecular weight is 535 g/mol. The van der Waals surface area contributed by atoms with Gasteiger partial charge in [-0.05, 0) is 57.9 Å². The summed E-state index contributed by atoms with van der Waals surface area (Å²) in [5.74, 6) is 0.676. The Bertz CT molecular complexity index is 1560. The van der Waals surface area contributed by atoms with E-state index in [2.05, 4.69) is 20.3 Å². The molecule has 1 N–H and O–H groups in total. The lowest BCUT2D eigenvalue weighted by atomic mass is 10.1. The Kier molecular flexibility index (Phi) is 6.78. The molecular weight excluding hydrogens is 504 g/mol. The molecule has 0 radical (unpaired) electrons. The van der Waals surface area contributed by atoms with Crippen LogP contribution in [0.5, 0.6) is 0 Å². The first kappa shape index (κ1) is 25.7. The lowest BCUT2D eigenvalue weighted by molar-refractivity contribution is 0.0210. The van der Waals surface area contributed by atoms with Crippen molar-refractivity contribution in [3.63, 3.8) is 0 Å². The molecule has 4 aromatic rings. The Morgan fingerprint density at radius 1 is 1.03 bits per heavy atom. The van der Waals surface area contributed by atoms with Crippen LogP contribution in [0.3, 0.4) is 0 Å². The largest absolute Gasteiger partial charge is 0.444 e. The fraction of sp³-hybridized carbons (Fsp3) is 0.333. The summed E-state index contributed by atoms with van der Waals surface area (Å²) in [6.07, 6.45) is 5.88. The van der Waals surface area contributed by atoms with Gasteiger partial charge in [0.05, 0.1) is 10.6 Å².